The lowest BCUT2D eigenvalue weighted by molar-refractivity contribution is -0.119. The Balaban J connectivity index is 1.61. The SMILES string of the molecule is CCn1c(S[C@H](C)C(=O)NC(=O)NC2CCCC2)nnc1-c1ccncc1. The highest BCUT2D eigenvalue weighted by Gasteiger charge is 2.23. The largest absolute Gasteiger partial charge is 0.335 e. The third kappa shape index (κ3) is 4.85. The lowest BCUT2D eigenvalue weighted by Gasteiger charge is -2.15. The smallest absolute Gasteiger partial charge is 0.321 e. The summed E-state index contributed by atoms with van der Waals surface area (Å²) in [7, 11) is 0. The number of carbonyl (C=O) groups is 2. The molecule has 2 aromatic heterocycles. The van der Waals surface area contributed by atoms with Gasteiger partial charge in [0.15, 0.2) is 11.0 Å². The van der Waals surface area contributed by atoms with Crippen LogP contribution >= 0.6 is 11.8 Å². The van der Waals surface area contributed by atoms with Crippen LogP contribution < -0.4 is 10.6 Å². The van der Waals surface area contributed by atoms with Gasteiger partial charge in [0.2, 0.25) is 5.91 Å². The van der Waals surface area contributed by atoms with Crippen molar-refractivity contribution < 1.29 is 9.59 Å². The first kappa shape index (κ1) is 19.3. The number of amides is 3. The van der Waals surface area contributed by atoms with Crippen molar-refractivity contribution in [2.45, 2.75) is 62.5 Å². The van der Waals surface area contributed by atoms with Crippen LogP contribution in [0.4, 0.5) is 4.79 Å². The third-order valence-corrected chi connectivity index (χ3v) is 5.63. The first-order valence-electron chi connectivity index (χ1n) is 9.20. The molecular weight excluding hydrogens is 364 g/mol. The van der Waals surface area contributed by atoms with Crippen molar-refractivity contribution in [2.75, 3.05) is 0 Å². The molecule has 1 saturated carbocycles. The Morgan fingerprint density at radius 3 is 2.63 bits per heavy atom. The second kappa shape index (κ2) is 8.98. The molecule has 9 heteroatoms. The van der Waals surface area contributed by atoms with Crippen molar-refractivity contribution in [3.05, 3.63) is 24.5 Å². The van der Waals surface area contributed by atoms with E-state index >= 15 is 0 Å². The van der Waals surface area contributed by atoms with E-state index in [0.29, 0.717) is 11.7 Å². The molecule has 0 radical (unpaired) electrons. The van der Waals surface area contributed by atoms with Gasteiger partial charge in [-0.05, 0) is 38.8 Å². The molecule has 0 aromatic carbocycles. The molecule has 0 spiro atoms. The van der Waals surface area contributed by atoms with Crippen LogP contribution in [0.5, 0.6) is 0 Å². The van der Waals surface area contributed by atoms with Crippen molar-refractivity contribution in [3.8, 4) is 11.4 Å². The molecule has 8 nitrogen and oxygen atoms in total. The molecule has 0 bridgehead atoms. The van der Waals surface area contributed by atoms with E-state index < -0.39 is 11.3 Å². The highest BCUT2D eigenvalue weighted by molar-refractivity contribution is 8.00. The first-order chi connectivity index (χ1) is 13.1. The Morgan fingerprint density at radius 1 is 1.26 bits per heavy atom. The average Bonchev–Trinajstić information content (AvgIpc) is 3.31. The summed E-state index contributed by atoms with van der Waals surface area (Å²) in [5.74, 6) is 0.389. The number of imide groups is 1. The van der Waals surface area contributed by atoms with Crippen LogP contribution in [0.2, 0.25) is 0 Å². The number of nitrogens with zero attached hydrogens (tertiary/aromatic N) is 4. The molecule has 1 fully saturated rings. The molecule has 0 unspecified atom stereocenters. The van der Waals surface area contributed by atoms with Crippen LogP contribution in [0.3, 0.4) is 0 Å². The fourth-order valence-corrected chi connectivity index (χ4v) is 4.01. The number of carbonyl (C=O) groups excluding carboxylic acids is 2. The molecule has 27 heavy (non-hydrogen) atoms. The number of aromatic nitrogens is 4. The second-order valence-electron chi connectivity index (χ2n) is 6.49. The monoisotopic (exact) mass is 388 g/mol. The van der Waals surface area contributed by atoms with E-state index in [-0.39, 0.29) is 11.9 Å². The standard InChI is InChI=1S/C18H24N6O2S/c1-3-24-15(13-8-10-19-11-9-13)22-23-18(24)27-12(2)16(25)21-17(26)20-14-6-4-5-7-14/h8-12,14H,3-7H2,1-2H3,(H2,20,21,25,26)/t12-/m1/s1. The Bertz CT molecular complexity index is 788. The normalized spacial score (nSPS) is 15.5. The van der Waals surface area contributed by atoms with Gasteiger partial charge in [0.05, 0.1) is 5.25 Å². The Morgan fingerprint density at radius 2 is 1.96 bits per heavy atom. The van der Waals surface area contributed by atoms with E-state index in [9.17, 15) is 9.59 Å². The Hall–Kier alpha value is -2.42. The van der Waals surface area contributed by atoms with Gasteiger partial charge in [0, 0.05) is 30.5 Å². The molecule has 1 aliphatic carbocycles. The van der Waals surface area contributed by atoms with Gasteiger partial charge in [-0.25, -0.2) is 4.79 Å². The highest BCUT2D eigenvalue weighted by atomic mass is 32.2. The minimum atomic E-state index is -0.473. The number of rotatable bonds is 6. The molecule has 3 rings (SSSR count). The zero-order chi connectivity index (χ0) is 19.2. The lowest BCUT2D eigenvalue weighted by Crippen LogP contribution is -2.45. The van der Waals surface area contributed by atoms with E-state index in [1.165, 1.54) is 11.8 Å². The summed E-state index contributed by atoms with van der Waals surface area (Å²) in [6, 6.07) is 3.49. The molecule has 2 N–H and O–H groups in total. The fourth-order valence-electron chi connectivity index (χ4n) is 3.09. The molecule has 144 valence electrons. The van der Waals surface area contributed by atoms with Crippen molar-refractivity contribution in [1.82, 2.24) is 30.4 Å². The Kier molecular flexibility index (Phi) is 6.44. The van der Waals surface area contributed by atoms with Crippen LogP contribution in [0.15, 0.2) is 29.7 Å². The van der Waals surface area contributed by atoms with E-state index in [1.807, 2.05) is 23.6 Å². The third-order valence-electron chi connectivity index (χ3n) is 4.55. The van der Waals surface area contributed by atoms with Gasteiger partial charge in [-0.3, -0.25) is 15.1 Å². The molecule has 1 atom stereocenters. The molecule has 2 aromatic rings. The summed E-state index contributed by atoms with van der Waals surface area (Å²) in [6.07, 6.45) is 7.60. The second-order valence-corrected chi connectivity index (χ2v) is 7.80. The number of nitrogens with one attached hydrogen (secondary N) is 2. The predicted molar refractivity (Wildman–Crippen MR) is 103 cm³/mol. The van der Waals surface area contributed by atoms with E-state index in [1.54, 1.807) is 19.3 Å². The summed E-state index contributed by atoms with van der Waals surface area (Å²) < 4.78 is 1.95. The van der Waals surface area contributed by atoms with Gasteiger partial charge in [0.25, 0.3) is 0 Å². The maximum absolute atomic E-state index is 12.3. The minimum absolute atomic E-state index is 0.173. The zero-order valence-electron chi connectivity index (χ0n) is 15.5. The van der Waals surface area contributed by atoms with Gasteiger partial charge in [-0.1, -0.05) is 24.6 Å². The topological polar surface area (TPSA) is 102 Å². The van der Waals surface area contributed by atoms with Crippen molar-refractivity contribution in [1.29, 1.82) is 0 Å². The highest BCUT2D eigenvalue weighted by Crippen LogP contribution is 2.26. The minimum Gasteiger partial charge on any atom is -0.335 e. The first-order valence-corrected chi connectivity index (χ1v) is 10.1. The zero-order valence-corrected chi connectivity index (χ0v) is 16.3. The quantitative estimate of drug-likeness (QED) is 0.738. The fraction of sp³-hybridized carbons (Fsp3) is 0.500. The van der Waals surface area contributed by atoms with Crippen LogP contribution in [0.1, 0.15) is 39.5 Å². The maximum Gasteiger partial charge on any atom is 0.321 e. The van der Waals surface area contributed by atoms with Crippen molar-refractivity contribution >= 4 is 23.7 Å². The molecule has 0 aliphatic heterocycles. The molecule has 1 aliphatic rings. The molecule has 0 saturated heterocycles. The summed E-state index contributed by atoms with van der Waals surface area (Å²) >= 11 is 1.28. The van der Waals surface area contributed by atoms with Crippen LogP contribution in [0, 0.1) is 0 Å². The summed E-state index contributed by atoms with van der Waals surface area (Å²) in [5.41, 5.74) is 0.916. The van der Waals surface area contributed by atoms with E-state index in [2.05, 4.69) is 25.8 Å². The van der Waals surface area contributed by atoms with Gasteiger partial charge in [-0.15, -0.1) is 10.2 Å². The maximum atomic E-state index is 12.3. The number of pyridine rings is 1. The van der Waals surface area contributed by atoms with E-state index in [0.717, 1.165) is 37.1 Å². The van der Waals surface area contributed by atoms with Crippen molar-refractivity contribution in [2.24, 2.45) is 0 Å². The Labute approximate surface area is 162 Å². The summed E-state index contributed by atoms with van der Waals surface area (Å²) in [4.78, 5) is 28.4. The van der Waals surface area contributed by atoms with Gasteiger partial charge >= 0.3 is 6.03 Å². The number of thioether (sulfide) groups is 1. The van der Waals surface area contributed by atoms with Crippen LogP contribution in [0.25, 0.3) is 11.4 Å². The van der Waals surface area contributed by atoms with Crippen LogP contribution in [-0.2, 0) is 11.3 Å². The molecular formula is C18H24N6O2S. The number of hydrogen-bond acceptors (Lipinski definition) is 6. The summed E-state index contributed by atoms with van der Waals surface area (Å²) in [5, 5.41) is 13.9. The van der Waals surface area contributed by atoms with Gasteiger partial charge in [-0.2, -0.15) is 0 Å². The molecule has 3 amide bonds. The average molecular weight is 388 g/mol. The van der Waals surface area contributed by atoms with Crippen molar-refractivity contribution in [3.63, 3.8) is 0 Å². The molecule has 2 heterocycles. The summed E-state index contributed by atoms with van der Waals surface area (Å²) in [6.45, 7) is 4.42. The van der Waals surface area contributed by atoms with Crippen LogP contribution in [-0.4, -0.2) is 43.0 Å². The lowest BCUT2D eigenvalue weighted by atomic mass is 10.2. The van der Waals surface area contributed by atoms with Gasteiger partial charge < -0.3 is 9.88 Å². The number of hydrogen-bond donors (Lipinski definition) is 2. The number of urea groups is 1. The van der Waals surface area contributed by atoms with Gasteiger partial charge in [0.1, 0.15) is 0 Å². The van der Waals surface area contributed by atoms with E-state index in [4.69, 9.17) is 0 Å². The predicted octanol–water partition coefficient (Wildman–Crippen LogP) is 2.61.